The van der Waals surface area contributed by atoms with Gasteiger partial charge >= 0.3 is 0 Å². The Labute approximate surface area is 176 Å². The molecule has 0 radical (unpaired) electrons. The minimum Gasteiger partial charge on any atom is -0.325 e. The molecule has 8 heteroatoms. The van der Waals surface area contributed by atoms with E-state index in [9.17, 15) is 13.2 Å². The number of rotatable bonds is 7. The third kappa shape index (κ3) is 5.73. The van der Waals surface area contributed by atoms with E-state index in [4.69, 9.17) is 11.6 Å². The number of hydrogen-bond donors (Lipinski definition) is 1. The molecule has 0 aliphatic carbocycles. The van der Waals surface area contributed by atoms with Crippen molar-refractivity contribution >= 4 is 45.0 Å². The zero-order chi connectivity index (χ0) is 21.1. The number of carbonyl (C=O) groups is 1. The lowest BCUT2D eigenvalue weighted by atomic mass is 10.1. The second-order valence-corrected chi connectivity index (χ2v) is 10.7. The molecule has 0 bridgehead atoms. The smallest absolute Gasteiger partial charge is 0.244 e. The van der Waals surface area contributed by atoms with E-state index in [0.29, 0.717) is 5.69 Å². The van der Waals surface area contributed by atoms with Crippen LogP contribution in [0.3, 0.4) is 0 Å². The lowest BCUT2D eigenvalue weighted by molar-refractivity contribution is -0.115. The molecule has 0 saturated carbocycles. The molecule has 2 rings (SSSR count). The highest BCUT2D eigenvalue weighted by Gasteiger charge is 2.22. The van der Waals surface area contributed by atoms with Gasteiger partial charge in [-0.05, 0) is 44.5 Å². The number of amides is 1. The van der Waals surface area contributed by atoms with Crippen LogP contribution in [0.15, 0.2) is 41.3 Å². The second-order valence-electron chi connectivity index (χ2n) is 6.87. The van der Waals surface area contributed by atoms with Crippen molar-refractivity contribution in [3.8, 4) is 0 Å². The van der Waals surface area contributed by atoms with E-state index < -0.39 is 10.0 Å². The van der Waals surface area contributed by atoms with Crippen LogP contribution in [0.4, 0.5) is 5.69 Å². The molecule has 0 heterocycles. The largest absolute Gasteiger partial charge is 0.325 e. The lowest BCUT2D eigenvalue weighted by Crippen LogP contribution is -2.24. The fourth-order valence-electron chi connectivity index (χ4n) is 2.67. The minimum atomic E-state index is -3.70. The van der Waals surface area contributed by atoms with Gasteiger partial charge in [0, 0.05) is 25.5 Å². The fraction of sp³-hybridized carbons (Fsp3) is 0.350. The van der Waals surface area contributed by atoms with E-state index in [2.05, 4.69) is 37.4 Å². The number of sulfonamides is 1. The second kappa shape index (κ2) is 9.31. The summed E-state index contributed by atoms with van der Waals surface area (Å²) in [6.07, 6.45) is 0. The summed E-state index contributed by atoms with van der Waals surface area (Å²) in [7, 11) is -0.829. The number of nitrogens with zero attached hydrogens (tertiary/aromatic N) is 1. The van der Waals surface area contributed by atoms with Crippen molar-refractivity contribution in [3.63, 3.8) is 0 Å². The first kappa shape index (κ1) is 22.7. The highest BCUT2D eigenvalue weighted by Crippen LogP contribution is 2.27. The molecule has 0 aromatic heterocycles. The Bertz CT molecular complexity index is 955. The van der Waals surface area contributed by atoms with Crippen molar-refractivity contribution in [2.45, 2.75) is 36.7 Å². The van der Waals surface area contributed by atoms with Crippen molar-refractivity contribution < 1.29 is 13.2 Å². The van der Waals surface area contributed by atoms with Crippen LogP contribution in [-0.2, 0) is 20.6 Å². The molecule has 1 atom stereocenters. The fourth-order valence-corrected chi connectivity index (χ4v) is 4.88. The molecule has 1 amide bonds. The van der Waals surface area contributed by atoms with Crippen LogP contribution in [0, 0.1) is 13.8 Å². The summed E-state index contributed by atoms with van der Waals surface area (Å²) in [5, 5.41) is 2.59. The SMILES string of the molecule is Cc1cc(C)cc(CS[C@@H](C)C(=O)Nc2ccc(Cl)c(S(=O)(=O)N(C)C)c2)c1. The Morgan fingerprint density at radius 1 is 1.14 bits per heavy atom. The van der Waals surface area contributed by atoms with Crippen LogP contribution in [0.25, 0.3) is 0 Å². The number of carbonyl (C=O) groups excluding carboxylic acids is 1. The molecule has 0 unspecified atom stereocenters. The maximum Gasteiger partial charge on any atom is 0.244 e. The summed E-state index contributed by atoms with van der Waals surface area (Å²) in [5.74, 6) is 0.530. The van der Waals surface area contributed by atoms with E-state index in [1.54, 1.807) is 6.07 Å². The lowest BCUT2D eigenvalue weighted by Gasteiger charge is -2.16. The van der Waals surface area contributed by atoms with Crippen molar-refractivity contribution in [3.05, 3.63) is 58.1 Å². The molecule has 152 valence electrons. The van der Waals surface area contributed by atoms with E-state index in [1.807, 2.05) is 6.92 Å². The Morgan fingerprint density at radius 3 is 2.32 bits per heavy atom. The van der Waals surface area contributed by atoms with Gasteiger partial charge in [0.05, 0.1) is 10.3 Å². The molecule has 2 aromatic carbocycles. The van der Waals surface area contributed by atoms with E-state index in [1.165, 1.54) is 54.7 Å². The molecule has 0 spiro atoms. The minimum absolute atomic E-state index is 0.0347. The molecule has 5 nitrogen and oxygen atoms in total. The maximum atomic E-state index is 12.5. The van der Waals surface area contributed by atoms with Crippen molar-refractivity contribution in [2.24, 2.45) is 0 Å². The summed E-state index contributed by atoms with van der Waals surface area (Å²) >= 11 is 7.57. The van der Waals surface area contributed by atoms with Crippen LogP contribution >= 0.6 is 23.4 Å². The average Bonchev–Trinajstić information content (AvgIpc) is 2.60. The molecular weight excluding hydrogens is 416 g/mol. The third-order valence-electron chi connectivity index (χ3n) is 4.11. The van der Waals surface area contributed by atoms with Gasteiger partial charge in [-0.25, -0.2) is 12.7 Å². The predicted molar refractivity (Wildman–Crippen MR) is 118 cm³/mol. The van der Waals surface area contributed by atoms with Gasteiger partial charge in [-0.15, -0.1) is 11.8 Å². The van der Waals surface area contributed by atoms with E-state index >= 15 is 0 Å². The standard InChI is InChI=1S/C20H25ClN2O3S2/c1-13-8-14(2)10-16(9-13)12-27-15(3)20(24)22-17-6-7-18(21)19(11-17)28(25,26)23(4)5/h6-11,15H,12H2,1-5H3,(H,22,24)/t15-/m0/s1. The van der Waals surface area contributed by atoms with Crippen molar-refractivity contribution in [1.29, 1.82) is 0 Å². The molecule has 1 N–H and O–H groups in total. The van der Waals surface area contributed by atoms with Crippen LogP contribution in [0.5, 0.6) is 0 Å². The van der Waals surface area contributed by atoms with Gasteiger partial charge in [0.25, 0.3) is 0 Å². The Hall–Kier alpha value is -1.54. The number of hydrogen-bond acceptors (Lipinski definition) is 4. The van der Waals surface area contributed by atoms with Gasteiger partial charge in [-0.1, -0.05) is 40.9 Å². The van der Waals surface area contributed by atoms with Gasteiger partial charge in [-0.2, -0.15) is 0 Å². The number of halogens is 1. The van der Waals surface area contributed by atoms with Crippen molar-refractivity contribution in [1.82, 2.24) is 4.31 Å². The average molecular weight is 441 g/mol. The van der Waals surface area contributed by atoms with Crippen LogP contribution in [0.2, 0.25) is 5.02 Å². The topological polar surface area (TPSA) is 66.5 Å². The number of thioether (sulfide) groups is 1. The monoisotopic (exact) mass is 440 g/mol. The van der Waals surface area contributed by atoms with Crippen molar-refractivity contribution in [2.75, 3.05) is 19.4 Å². The summed E-state index contributed by atoms with van der Waals surface area (Å²) in [5.41, 5.74) is 3.97. The number of anilines is 1. The molecule has 0 aliphatic rings. The normalized spacial score (nSPS) is 12.8. The third-order valence-corrected chi connectivity index (χ3v) is 7.62. The Morgan fingerprint density at radius 2 is 1.75 bits per heavy atom. The summed E-state index contributed by atoms with van der Waals surface area (Å²) in [6, 6.07) is 10.8. The van der Waals surface area contributed by atoms with E-state index in [0.717, 1.165) is 10.1 Å². The van der Waals surface area contributed by atoms with Gasteiger partial charge < -0.3 is 5.32 Å². The van der Waals surface area contributed by atoms with Gasteiger partial charge in [0.1, 0.15) is 4.90 Å². The van der Waals surface area contributed by atoms with Gasteiger partial charge in [0.2, 0.25) is 15.9 Å². The van der Waals surface area contributed by atoms with Gasteiger partial charge in [-0.3, -0.25) is 4.79 Å². The summed E-state index contributed by atoms with van der Waals surface area (Å²) < 4.78 is 25.8. The zero-order valence-electron chi connectivity index (χ0n) is 16.6. The van der Waals surface area contributed by atoms with Crippen LogP contribution < -0.4 is 5.32 Å². The number of benzene rings is 2. The predicted octanol–water partition coefficient (Wildman–Crippen LogP) is 4.47. The highest BCUT2D eigenvalue weighted by molar-refractivity contribution is 7.99. The molecule has 0 saturated heterocycles. The maximum absolute atomic E-state index is 12.5. The number of nitrogens with one attached hydrogen (secondary N) is 1. The zero-order valence-corrected chi connectivity index (χ0v) is 19.0. The van der Waals surface area contributed by atoms with E-state index in [-0.39, 0.29) is 21.1 Å². The first-order valence-electron chi connectivity index (χ1n) is 8.72. The highest BCUT2D eigenvalue weighted by atomic mass is 35.5. The van der Waals surface area contributed by atoms with Crippen LogP contribution in [0.1, 0.15) is 23.6 Å². The molecular formula is C20H25ClN2O3S2. The first-order valence-corrected chi connectivity index (χ1v) is 11.6. The summed E-state index contributed by atoms with van der Waals surface area (Å²) in [6.45, 7) is 5.93. The molecule has 0 fully saturated rings. The van der Waals surface area contributed by atoms with Crippen LogP contribution in [-0.4, -0.2) is 38.0 Å². The Kier molecular flexibility index (Phi) is 7.56. The molecule has 28 heavy (non-hydrogen) atoms. The molecule has 0 aliphatic heterocycles. The summed E-state index contributed by atoms with van der Waals surface area (Å²) in [4.78, 5) is 12.5. The molecule has 2 aromatic rings. The number of aryl methyl sites for hydroxylation is 2. The Balaban J connectivity index is 2.07. The quantitative estimate of drug-likeness (QED) is 0.689. The first-order chi connectivity index (χ1) is 13.0. The van der Waals surface area contributed by atoms with Gasteiger partial charge in [0.15, 0.2) is 0 Å².